The van der Waals surface area contributed by atoms with E-state index >= 15 is 0 Å². The molecule has 0 aliphatic carbocycles. The standard InChI is InChI=1S/C27H28ClNO4/c1-2-33-27(32)24(16-13-19-7-4-3-5-8-19)29-25(26(30)31)17-20-11-14-21(15-12-20)22-9-6-10-23(28)18-22/h3-12,14-15,18,24-25,29H,2,13,16-17H2,1H3,(H,30,31)/t24?,25-/m0/s1. The van der Waals surface area contributed by atoms with Crippen LogP contribution in [0.4, 0.5) is 0 Å². The number of rotatable bonds is 11. The summed E-state index contributed by atoms with van der Waals surface area (Å²) < 4.78 is 5.19. The summed E-state index contributed by atoms with van der Waals surface area (Å²) >= 11 is 6.08. The Morgan fingerprint density at radius 3 is 2.27 bits per heavy atom. The van der Waals surface area contributed by atoms with Crippen LogP contribution >= 0.6 is 11.6 Å². The molecule has 2 atom stereocenters. The van der Waals surface area contributed by atoms with Gasteiger partial charge in [0.2, 0.25) is 0 Å². The number of carboxylic acids is 1. The predicted octanol–water partition coefficient (Wildman–Crippen LogP) is 5.16. The molecule has 1 unspecified atom stereocenters. The van der Waals surface area contributed by atoms with E-state index in [4.69, 9.17) is 16.3 Å². The Labute approximate surface area is 199 Å². The van der Waals surface area contributed by atoms with Gasteiger partial charge >= 0.3 is 11.9 Å². The molecular weight excluding hydrogens is 438 g/mol. The number of hydrogen-bond donors (Lipinski definition) is 2. The van der Waals surface area contributed by atoms with E-state index in [9.17, 15) is 14.7 Å². The van der Waals surface area contributed by atoms with Crippen molar-refractivity contribution >= 4 is 23.5 Å². The third kappa shape index (κ3) is 7.45. The van der Waals surface area contributed by atoms with E-state index in [-0.39, 0.29) is 13.0 Å². The summed E-state index contributed by atoms with van der Waals surface area (Å²) in [5, 5.41) is 13.5. The van der Waals surface area contributed by atoms with Gasteiger partial charge in [-0.05, 0) is 60.6 Å². The molecule has 0 aromatic heterocycles. The number of carbonyl (C=O) groups is 2. The number of aliphatic carboxylic acids is 1. The van der Waals surface area contributed by atoms with Crippen LogP contribution in [-0.2, 0) is 27.2 Å². The van der Waals surface area contributed by atoms with Gasteiger partial charge in [0.15, 0.2) is 0 Å². The third-order valence-corrected chi connectivity index (χ3v) is 5.62. The highest BCUT2D eigenvalue weighted by molar-refractivity contribution is 6.30. The highest BCUT2D eigenvalue weighted by atomic mass is 35.5. The van der Waals surface area contributed by atoms with Gasteiger partial charge in [-0.25, -0.2) is 0 Å². The van der Waals surface area contributed by atoms with Crippen LogP contribution in [0.5, 0.6) is 0 Å². The van der Waals surface area contributed by atoms with Crippen LogP contribution in [-0.4, -0.2) is 35.7 Å². The summed E-state index contributed by atoms with van der Waals surface area (Å²) in [6, 6.07) is 23.4. The number of carbonyl (C=O) groups excluding carboxylic acids is 1. The van der Waals surface area contributed by atoms with Crippen molar-refractivity contribution in [1.29, 1.82) is 0 Å². The Morgan fingerprint density at radius 1 is 0.909 bits per heavy atom. The Bertz CT molecular complexity index is 1050. The number of nitrogens with one attached hydrogen (secondary N) is 1. The average Bonchev–Trinajstić information content (AvgIpc) is 2.82. The highest BCUT2D eigenvalue weighted by Gasteiger charge is 2.27. The molecule has 3 aromatic rings. The summed E-state index contributed by atoms with van der Waals surface area (Å²) in [5.74, 6) is -1.45. The molecule has 6 heteroatoms. The zero-order valence-electron chi connectivity index (χ0n) is 18.5. The van der Waals surface area contributed by atoms with E-state index in [0.29, 0.717) is 17.9 Å². The lowest BCUT2D eigenvalue weighted by Gasteiger charge is -2.22. The van der Waals surface area contributed by atoms with Gasteiger partial charge in [0.05, 0.1) is 6.61 Å². The SMILES string of the molecule is CCOC(=O)C(CCc1ccccc1)N[C@@H](Cc1ccc(-c2cccc(Cl)c2)cc1)C(=O)O. The van der Waals surface area contributed by atoms with Crippen molar-refractivity contribution in [3.05, 3.63) is 95.0 Å². The van der Waals surface area contributed by atoms with Gasteiger partial charge in [-0.15, -0.1) is 0 Å². The molecule has 0 amide bonds. The number of ether oxygens (including phenoxy) is 1. The van der Waals surface area contributed by atoms with Crippen molar-refractivity contribution < 1.29 is 19.4 Å². The molecule has 0 saturated heterocycles. The van der Waals surface area contributed by atoms with E-state index < -0.39 is 24.0 Å². The molecule has 0 spiro atoms. The Kier molecular flexibility index (Phi) is 9.04. The maximum atomic E-state index is 12.5. The molecule has 3 aromatic carbocycles. The molecule has 0 aliphatic heterocycles. The fraction of sp³-hybridized carbons (Fsp3) is 0.259. The molecule has 5 nitrogen and oxygen atoms in total. The molecule has 0 saturated carbocycles. The molecule has 33 heavy (non-hydrogen) atoms. The van der Waals surface area contributed by atoms with Crippen LogP contribution in [0.3, 0.4) is 0 Å². The normalized spacial score (nSPS) is 12.7. The Balaban J connectivity index is 1.70. The molecular formula is C27H28ClNO4. The van der Waals surface area contributed by atoms with E-state index in [1.807, 2.05) is 78.9 Å². The number of hydrogen-bond acceptors (Lipinski definition) is 4. The van der Waals surface area contributed by atoms with Crippen molar-refractivity contribution in [3.8, 4) is 11.1 Å². The lowest BCUT2D eigenvalue weighted by molar-refractivity contribution is -0.147. The van der Waals surface area contributed by atoms with E-state index in [2.05, 4.69) is 5.32 Å². The van der Waals surface area contributed by atoms with Gasteiger partial charge in [-0.3, -0.25) is 14.9 Å². The maximum Gasteiger partial charge on any atom is 0.323 e. The second-order valence-corrected chi connectivity index (χ2v) is 8.23. The smallest absolute Gasteiger partial charge is 0.323 e. The lowest BCUT2D eigenvalue weighted by Crippen LogP contribution is -2.49. The summed E-state index contributed by atoms with van der Waals surface area (Å²) in [6.07, 6.45) is 1.32. The largest absolute Gasteiger partial charge is 0.480 e. The number of halogens is 1. The summed E-state index contributed by atoms with van der Waals surface area (Å²) in [6.45, 7) is 1.98. The topological polar surface area (TPSA) is 75.6 Å². The van der Waals surface area contributed by atoms with E-state index in [0.717, 1.165) is 22.3 Å². The van der Waals surface area contributed by atoms with Crippen LogP contribution in [0.1, 0.15) is 24.5 Å². The van der Waals surface area contributed by atoms with Gasteiger partial charge in [0.25, 0.3) is 0 Å². The molecule has 0 aliphatic rings. The highest BCUT2D eigenvalue weighted by Crippen LogP contribution is 2.23. The van der Waals surface area contributed by atoms with Crippen LogP contribution in [0, 0.1) is 0 Å². The first-order valence-corrected chi connectivity index (χ1v) is 11.4. The first-order valence-electron chi connectivity index (χ1n) is 11.0. The Morgan fingerprint density at radius 2 is 1.64 bits per heavy atom. The van der Waals surface area contributed by atoms with Crippen molar-refractivity contribution in [2.75, 3.05) is 6.61 Å². The summed E-state index contributed by atoms with van der Waals surface area (Å²) in [5.41, 5.74) is 3.92. The monoisotopic (exact) mass is 465 g/mol. The van der Waals surface area contributed by atoms with Gasteiger partial charge in [0, 0.05) is 5.02 Å². The van der Waals surface area contributed by atoms with Gasteiger partial charge in [-0.1, -0.05) is 78.3 Å². The van der Waals surface area contributed by atoms with E-state index in [1.54, 1.807) is 6.92 Å². The predicted molar refractivity (Wildman–Crippen MR) is 130 cm³/mol. The first kappa shape index (κ1) is 24.5. The quantitative estimate of drug-likeness (QED) is 0.383. The molecule has 0 bridgehead atoms. The second kappa shape index (κ2) is 12.2. The zero-order valence-corrected chi connectivity index (χ0v) is 19.3. The number of carboxylic acid groups (broad SMARTS) is 1. The van der Waals surface area contributed by atoms with Crippen molar-refractivity contribution in [3.63, 3.8) is 0 Å². The van der Waals surface area contributed by atoms with Gasteiger partial charge in [0.1, 0.15) is 12.1 Å². The average molecular weight is 466 g/mol. The fourth-order valence-electron chi connectivity index (χ4n) is 3.67. The van der Waals surface area contributed by atoms with E-state index in [1.165, 1.54) is 0 Å². The van der Waals surface area contributed by atoms with Crippen molar-refractivity contribution in [2.45, 2.75) is 38.3 Å². The van der Waals surface area contributed by atoms with Crippen LogP contribution < -0.4 is 5.32 Å². The second-order valence-electron chi connectivity index (χ2n) is 7.80. The minimum absolute atomic E-state index is 0.241. The lowest BCUT2D eigenvalue weighted by atomic mass is 9.99. The van der Waals surface area contributed by atoms with Crippen molar-refractivity contribution in [1.82, 2.24) is 5.32 Å². The molecule has 172 valence electrons. The fourth-order valence-corrected chi connectivity index (χ4v) is 3.86. The molecule has 0 heterocycles. The van der Waals surface area contributed by atoms with Crippen molar-refractivity contribution in [2.24, 2.45) is 0 Å². The van der Waals surface area contributed by atoms with Crippen LogP contribution in [0.15, 0.2) is 78.9 Å². The minimum atomic E-state index is -1.01. The maximum absolute atomic E-state index is 12.5. The van der Waals surface area contributed by atoms with Gasteiger partial charge < -0.3 is 9.84 Å². The molecule has 0 fully saturated rings. The summed E-state index contributed by atoms with van der Waals surface area (Å²) in [4.78, 5) is 24.5. The van der Waals surface area contributed by atoms with Crippen LogP contribution in [0.25, 0.3) is 11.1 Å². The zero-order chi connectivity index (χ0) is 23.6. The minimum Gasteiger partial charge on any atom is -0.480 e. The molecule has 0 radical (unpaired) electrons. The Hall–Kier alpha value is -3.15. The summed E-state index contributed by atoms with van der Waals surface area (Å²) in [7, 11) is 0. The molecule has 2 N–H and O–H groups in total. The van der Waals surface area contributed by atoms with Gasteiger partial charge in [-0.2, -0.15) is 0 Å². The number of aryl methyl sites for hydroxylation is 1. The van der Waals surface area contributed by atoms with Crippen LogP contribution in [0.2, 0.25) is 5.02 Å². The molecule has 3 rings (SSSR count). The number of esters is 1. The first-order chi connectivity index (χ1) is 16.0. The number of benzene rings is 3. The third-order valence-electron chi connectivity index (χ3n) is 5.39.